The maximum Gasteiger partial charge on any atom is 0.472 e. The zero-order valence-corrected chi connectivity index (χ0v) is 63.1. The Morgan fingerprint density at radius 1 is 0.287 bits per heavy atom. The first-order valence-electron chi connectivity index (χ1n) is 39.0. The van der Waals surface area contributed by atoms with Gasteiger partial charge in [0.15, 0.2) is 12.2 Å². The molecule has 5 atom stereocenters. The van der Waals surface area contributed by atoms with Crippen molar-refractivity contribution in [3.63, 3.8) is 0 Å². The van der Waals surface area contributed by atoms with Gasteiger partial charge >= 0.3 is 39.5 Å². The van der Waals surface area contributed by atoms with Crippen molar-refractivity contribution in [3.05, 3.63) is 0 Å². The van der Waals surface area contributed by atoms with Gasteiger partial charge in [-0.2, -0.15) is 0 Å². The Bertz CT molecular complexity index is 1820. The van der Waals surface area contributed by atoms with Crippen molar-refractivity contribution in [2.75, 3.05) is 39.6 Å². The molecule has 0 rings (SSSR count). The molecular formula is C75H146O17P2. The third kappa shape index (κ3) is 68.6. The average molecular weight is 1380 g/mol. The van der Waals surface area contributed by atoms with Crippen molar-refractivity contribution in [2.24, 2.45) is 11.8 Å². The van der Waals surface area contributed by atoms with Gasteiger partial charge in [0.2, 0.25) is 0 Å². The molecule has 0 spiro atoms. The summed E-state index contributed by atoms with van der Waals surface area (Å²) in [6.07, 6.45) is 54.2. The number of ether oxygens (including phenoxy) is 4. The summed E-state index contributed by atoms with van der Waals surface area (Å²) in [7, 11) is -9.91. The predicted octanol–water partition coefficient (Wildman–Crippen LogP) is 21.9. The second kappa shape index (κ2) is 66.9. The number of hydrogen-bond donors (Lipinski definition) is 3. The maximum atomic E-state index is 13.1. The summed E-state index contributed by atoms with van der Waals surface area (Å²) >= 11 is 0. The summed E-state index contributed by atoms with van der Waals surface area (Å²) in [6, 6.07) is 0. The van der Waals surface area contributed by atoms with Crippen molar-refractivity contribution in [1.29, 1.82) is 0 Å². The second-order valence-corrected chi connectivity index (χ2v) is 30.9. The molecule has 94 heavy (non-hydrogen) atoms. The molecule has 0 heterocycles. The van der Waals surface area contributed by atoms with Crippen molar-refractivity contribution in [3.8, 4) is 0 Å². The van der Waals surface area contributed by atoms with Crippen LogP contribution in [0.3, 0.4) is 0 Å². The molecule has 0 aromatic carbocycles. The lowest BCUT2D eigenvalue weighted by Crippen LogP contribution is -2.30. The largest absolute Gasteiger partial charge is 0.472 e. The number of carbonyl (C=O) groups excluding carboxylic acids is 4. The zero-order chi connectivity index (χ0) is 69.3. The number of unbranched alkanes of at least 4 members (excludes halogenated alkanes) is 44. The molecule has 0 amide bonds. The molecule has 0 fully saturated rings. The fourth-order valence-electron chi connectivity index (χ4n) is 11.5. The van der Waals surface area contributed by atoms with Crippen molar-refractivity contribution >= 4 is 39.5 Å². The number of aliphatic hydroxyl groups excluding tert-OH is 1. The molecule has 0 aliphatic rings. The first-order valence-corrected chi connectivity index (χ1v) is 42.0. The van der Waals surface area contributed by atoms with E-state index in [0.717, 1.165) is 108 Å². The third-order valence-electron chi connectivity index (χ3n) is 17.5. The lowest BCUT2D eigenvalue weighted by molar-refractivity contribution is -0.161. The first-order chi connectivity index (χ1) is 45.4. The molecule has 0 saturated carbocycles. The van der Waals surface area contributed by atoms with Gasteiger partial charge in [-0.05, 0) is 37.5 Å². The van der Waals surface area contributed by atoms with Crippen LogP contribution in [0, 0.1) is 11.8 Å². The van der Waals surface area contributed by atoms with Crippen molar-refractivity contribution < 1.29 is 80.2 Å². The minimum atomic E-state index is -4.96. The molecule has 0 aliphatic carbocycles. The SMILES string of the molecule is CCCCCCCCCCCCCCCCCCCCCC(=O)O[C@H](COC(=O)CCCCCCCCCCCCCCC(C)C)COP(=O)(O)OC[C@@H](O)COP(=O)(O)OC[C@@H](COC(=O)CCCCCCCCCC)OC(=O)CCCCCCCCCCCC(C)C. The van der Waals surface area contributed by atoms with Crippen LogP contribution in [0.5, 0.6) is 0 Å². The topological polar surface area (TPSA) is 237 Å². The van der Waals surface area contributed by atoms with E-state index in [0.29, 0.717) is 25.7 Å². The number of hydrogen-bond acceptors (Lipinski definition) is 15. The van der Waals surface area contributed by atoms with Crippen LogP contribution in [-0.4, -0.2) is 96.7 Å². The second-order valence-electron chi connectivity index (χ2n) is 28.0. The van der Waals surface area contributed by atoms with E-state index in [9.17, 15) is 43.2 Å². The lowest BCUT2D eigenvalue weighted by Gasteiger charge is -2.21. The maximum absolute atomic E-state index is 13.1. The van der Waals surface area contributed by atoms with E-state index in [2.05, 4.69) is 41.5 Å². The first kappa shape index (κ1) is 92.1. The summed E-state index contributed by atoms with van der Waals surface area (Å²) in [5.41, 5.74) is 0. The van der Waals surface area contributed by atoms with Gasteiger partial charge in [-0.25, -0.2) is 9.13 Å². The molecule has 19 heteroatoms. The number of phosphoric acid groups is 2. The summed E-state index contributed by atoms with van der Waals surface area (Å²) in [5.74, 6) is -0.602. The van der Waals surface area contributed by atoms with Gasteiger partial charge in [-0.3, -0.25) is 37.3 Å². The minimum Gasteiger partial charge on any atom is -0.462 e. The highest BCUT2D eigenvalue weighted by atomic mass is 31.2. The van der Waals surface area contributed by atoms with E-state index >= 15 is 0 Å². The summed E-state index contributed by atoms with van der Waals surface area (Å²) in [5, 5.41) is 10.6. The number of phosphoric ester groups is 2. The van der Waals surface area contributed by atoms with E-state index in [-0.39, 0.29) is 25.7 Å². The lowest BCUT2D eigenvalue weighted by atomic mass is 10.0. The Morgan fingerprint density at radius 2 is 0.489 bits per heavy atom. The quantitative estimate of drug-likeness (QED) is 0.0222. The number of aliphatic hydroxyl groups is 1. The summed E-state index contributed by atoms with van der Waals surface area (Å²) < 4.78 is 68.4. The van der Waals surface area contributed by atoms with Gasteiger partial charge in [0.1, 0.15) is 19.3 Å². The third-order valence-corrected chi connectivity index (χ3v) is 19.4. The normalized spacial score (nSPS) is 14.0. The molecule has 0 radical (unpaired) electrons. The fourth-order valence-corrected chi connectivity index (χ4v) is 13.1. The van der Waals surface area contributed by atoms with Crippen LogP contribution in [-0.2, 0) is 65.4 Å². The molecule has 558 valence electrons. The van der Waals surface area contributed by atoms with Gasteiger partial charge < -0.3 is 33.8 Å². The van der Waals surface area contributed by atoms with Crippen LogP contribution in [0.2, 0.25) is 0 Å². The number of carbonyl (C=O) groups is 4. The van der Waals surface area contributed by atoms with E-state index in [4.69, 9.17) is 37.0 Å². The van der Waals surface area contributed by atoms with Crippen molar-refractivity contribution in [1.82, 2.24) is 0 Å². The monoisotopic (exact) mass is 1380 g/mol. The molecule has 17 nitrogen and oxygen atoms in total. The van der Waals surface area contributed by atoms with Crippen LogP contribution >= 0.6 is 15.6 Å². The highest BCUT2D eigenvalue weighted by Gasteiger charge is 2.30. The molecule has 0 aliphatic heterocycles. The van der Waals surface area contributed by atoms with Crippen LogP contribution in [0.4, 0.5) is 0 Å². The summed E-state index contributed by atoms with van der Waals surface area (Å²) in [6.45, 7) is 9.55. The minimum absolute atomic E-state index is 0.105. The van der Waals surface area contributed by atoms with Crippen LogP contribution < -0.4 is 0 Å². The molecule has 0 bridgehead atoms. The molecule has 0 saturated heterocycles. The van der Waals surface area contributed by atoms with Gasteiger partial charge in [0.25, 0.3) is 0 Å². The molecule has 0 aromatic heterocycles. The average Bonchev–Trinajstić information content (AvgIpc) is 1.41. The smallest absolute Gasteiger partial charge is 0.462 e. The van der Waals surface area contributed by atoms with Gasteiger partial charge in [-0.1, -0.05) is 337 Å². The van der Waals surface area contributed by atoms with Crippen LogP contribution in [0.1, 0.15) is 388 Å². The standard InChI is InChI=1S/C75H146O17P2/c1-7-9-11-13-15-17-18-19-20-21-22-23-24-25-30-35-41-47-53-59-74(79)91-71(64-86-73(78)58-52-46-40-34-29-27-26-28-32-37-43-49-55-67(3)4)66-90-94(83,84)88-62-69(76)61-87-93(81,82)89-65-70(63-85-72(77)57-51-45-39-16-14-12-10-8-2)92-75(80)60-54-48-42-36-31-33-38-44-50-56-68(5)6/h67-71,76H,7-66H2,1-6H3,(H,81,82)(H,83,84)/t69-,70+,71+/m0/s1. The van der Waals surface area contributed by atoms with Crippen LogP contribution in [0.15, 0.2) is 0 Å². The van der Waals surface area contributed by atoms with E-state index < -0.39 is 97.5 Å². The Kier molecular flexibility index (Phi) is 65.5. The van der Waals surface area contributed by atoms with Crippen LogP contribution in [0.25, 0.3) is 0 Å². The van der Waals surface area contributed by atoms with E-state index in [1.807, 2.05) is 0 Å². The highest BCUT2D eigenvalue weighted by molar-refractivity contribution is 7.47. The van der Waals surface area contributed by atoms with E-state index in [1.165, 1.54) is 199 Å². The predicted molar refractivity (Wildman–Crippen MR) is 381 cm³/mol. The van der Waals surface area contributed by atoms with Gasteiger partial charge in [0, 0.05) is 25.7 Å². The van der Waals surface area contributed by atoms with E-state index in [1.54, 1.807) is 0 Å². The fraction of sp³-hybridized carbons (Fsp3) is 0.947. The highest BCUT2D eigenvalue weighted by Crippen LogP contribution is 2.45. The molecular weight excluding hydrogens is 1230 g/mol. The summed E-state index contributed by atoms with van der Waals surface area (Å²) in [4.78, 5) is 72.7. The molecule has 3 N–H and O–H groups in total. The Balaban J connectivity index is 5.20. The Labute approximate surface area is 575 Å². The van der Waals surface area contributed by atoms with Gasteiger partial charge in [-0.15, -0.1) is 0 Å². The van der Waals surface area contributed by atoms with Crippen molar-refractivity contribution in [2.45, 2.75) is 407 Å². The molecule has 2 unspecified atom stereocenters. The molecule has 0 aromatic rings. The zero-order valence-electron chi connectivity index (χ0n) is 61.3. The van der Waals surface area contributed by atoms with Gasteiger partial charge in [0.05, 0.1) is 26.4 Å². The Hall–Kier alpha value is -1.94. The Morgan fingerprint density at radius 3 is 0.723 bits per heavy atom. The number of rotatable bonds is 74. The number of esters is 4.